The lowest BCUT2D eigenvalue weighted by molar-refractivity contribution is 0.114. The van der Waals surface area contributed by atoms with E-state index in [1.54, 1.807) is 0 Å². The fourth-order valence-electron chi connectivity index (χ4n) is 2.85. The van der Waals surface area contributed by atoms with Crippen LogP contribution in [0, 0.1) is 0 Å². The topological polar surface area (TPSA) is 52.6 Å². The number of benzene rings is 2. The molecule has 6 heteroatoms. The highest BCUT2D eigenvalue weighted by Gasteiger charge is 2.39. The van der Waals surface area contributed by atoms with Gasteiger partial charge in [-0.25, -0.2) is 0 Å². The van der Waals surface area contributed by atoms with Gasteiger partial charge < -0.3 is 4.43 Å². The lowest BCUT2D eigenvalue weighted by Gasteiger charge is -2.38. The second-order valence-electron chi connectivity index (χ2n) is 8.71. The van der Waals surface area contributed by atoms with Crippen molar-refractivity contribution in [2.75, 3.05) is 12.9 Å². The third-order valence-corrected chi connectivity index (χ3v) is 10.5. The van der Waals surface area contributed by atoms with Gasteiger partial charge in [0.25, 0.3) is 10.1 Å². The van der Waals surface area contributed by atoms with Gasteiger partial charge in [-0.1, -0.05) is 81.4 Å². The summed E-state index contributed by atoms with van der Waals surface area (Å²) in [4.78, 5) is 0. The molecule has 1 unspecified atom stereocenters. The molecule has 0 heterocycles. The summed E-state index contributed by atoms with van der Waals surface area (Å²) in [6, 6.07) is 19.7. The largest absolute Gasteiger partial charge is 0.414 e. The maximum absolute atomic E-state index is 12.1. The average Bonchev–Trinajstić information content (AvgIpc) is 2.59. The molecule has 0 saturated carbocycles. The molecule has 2 aromatic rings. The van der Waals surface area contributed by atoms with Crippen LogP contribution in [0.4, 0.5) is 0 Å². The Kier molecular flexibility index (Phi) is 7.25. The molecule has 0 N–H and O–H groups in total. The van der Waals surface area contributed by atoms with Crippen molar-refractivity contribution in [1.82, 2.24) is 0 Å². The van der Waals surface area contributed by atoms with Crippen LogP contribution < -0.4 is 0 Å². The summed E-state index contributed by atoms with van der Waals surface area (Å²) in [7, 11) is -5.72. The average molecular weight is 421 g/mol. The highest BCUT2D eigenvalue weighted by atomic mass is 32.2. The van der Waals surface area contributed by atoms with Gasteiger partial charge in [0.05, 0.1) is 12.9 Å². The van der Waals surface area contributed by atoms with Gasteiger partial charge in [-0.3, -0.25) is 4.18 Å². The van der Waals surface area contributed by atoms with Crippen molar-refractivity contribution in [3.8, 4) is 0 Å². The molecule has 28 heavy (non-hydrogen) atoms. The highest BCUT2D eigenvalue weighted by molar-refractivity contribution is 7.86. The number of hydrogen-bond donors (Lipinski definition) is 0. The molecular formula is C22H32O4SSi. The SMILES string of the molecule is CC(C)(C)[Si](C)(C)OCC(OS(C)(=O)=O)C(c1ccccc1)c1ccccc1. The minimum Gasteiger partial charge on any atom is -0.414 e. The van der Waals surface area contributed by atoms with Crippen LogP contribution in [0.25, 0.3) is 0 Å². The van der Waals surface area contributed by atoms with Gasteiger partial charge in [0.1, 0.15) is 6.10 Å². The summed E-state index contributed by atoms with van der Waals surface area (Å²) < 4.78 is 36.1. The van der Waals surface area contributed by atoms with E-state index in [4.69, 9.17) is 8.61 Å². The van der Waals surface area contributed by atoms with Crippen molar-refractivity contribution in [2.45, 2.75) is 50.9 Å². The number of rotatable bonds is 8. The van der Waals surface area contributed by atoms with Gasteiger partial charge in [0.15, 0.2) is 8.32 Å². The maximum atomic E-state index is 12.1. The molecule has 1 atom stereocenters. The second-order valence-corrected chi connectivity index (χ2v) is 15.1. The quantitative estimate of drug-likeness (QED) is 0.436. The summed E-state index contributed by atoms with van der Waals surface area (Å²) in [5, 5.41) is 0.0254. The van der Waals surface area contributed by atoms with E-state index in [1.807, 2.05) is 60.7 Å². The minimum atomic E-state index is -3.65. The molecular weight excluding hydrogens is 388 g/mol. The van der Waals surface area contributed by atoms with Crippen LogP contribution in [-0.2, 0) is 18.7 Å². The smallest absolute Gasteiger partial charge is 0.264 e. The molecule has 0 aromatic heterocycles. The van der Waals surface area contributed by atoms with Gasteiger partial charge >= 0.3 is 0 Å². The molecule has 0 aliphatic rings. The molecule has 2 aromatic carbocycles. The summed E-state index contributed by atoms with van der Waals surface area (Å²) in [5.41, 5.74) is 2.00. The zero-order valence-electron chi connectivity index (χ0n) is 17.7. The Morgan fingerprint density at radius 2 is 1.32 bits per heavy atom. The zero-order valence-corrected chi connectivity index (χ0v) is 19.5. The first-order valence-electron chi connectivity index (χ1n) is 9.53. The van der Waals surface area contributed by atoms with E-state index in [1.165, 1.54) is 0 Å². The highest BCUT2D eigenvalue weighted by Crippen LogP contribution is 2.38. The molecule has 2 rings (SSSR count). The van der Waals surface area contributed by atoms with Crippen molar-refractivity contribution in [3.05, 3.63) is 71.8 Å². The summed E-state index contributed by atoms with van der Waals surface area (Å²) in [6.07, 6.45) is 0.452. The molecule has 0 fully saturated rings. The Morgan fingerprint density at radius 1 is 0.893 bits per heavy atom. The van der Waals surface area contributed by atoms with Gasteiger partial charge in [0, 0.05) is 5.92 Å². The fourth-order valence-corrected chi connectivity index (χ4v) is 4.48. The Balaban J connectivity index is 2.45. The van der Waals surface area contributed by atoms with Crippen LogP contribution in [0.3, 0.4) is 0 Å². The third-order valence-electron chi connectivity index (χ3n) is 5.40. The molecule has 0 aliphatic heterocycles. The van der Waals surface area contributed by atoms with E-state index in [0.717, 1.165) is 17.4 Å². The lowest BCUT2D eigenvalue weighted by atomic mass is 9.87. The monoisotopic (exact) mass is 420 g/mol. The predicted molar refractivity (Wildman–Crippen MR) is 118 cm³/mol. The maximum Gasteiger partial charge on any atom is 0.264 e. The van der Waals surface area contributed by atoms with Crippen molar-refractivity contribution >= 4 is 18.4 Å². The normalized spacial score (nSPS) is 14.2. The zero-order chi connectivity index (χ0) is 21.0. The van der Waals surface area contributed by atoms with Crippen LogP contribution in [0.1, 0.15) is 37.8 Å². The van der Waals surface area contributed by atoms with E-state index in [-0.39, 0.29) is 17.6 Å². The predicted octanol–water partition coefficient (Wildman–Crippen LogP) is 5.19. The lowest BCUT2D eigenvalue weighted by Crippen LogP contribution is -2.44. The molecule has 0 saturated heterocycles. The summed E-state index contributed by atoms with van der Waals surface area (Å²) in [5.74, 6) is -0.248. The molecule has 0 spiro atoms. The summed E-state index contributed by atoms with van der Waals surface area (Å²) >= 11 is 0. The van der Waals surface area contributed by atoms with Crippen molar-refractivity contribution < 1.29 is 17.0 Å². The van der Waals surface area contributed by atoms with Gasteiger partial charge in [0.2, 0.25) is 0 Å². The second kappa shape index (κ2) is 8.90. The third kappa shape index (κ3) is 6.27. The van der Waals surface area contributed by atoms with Crippen LogP contribution in [0.2, 0.25) is 18.1 Å². The molecule has 4 nitrogen and oxygen atoms in total. The fraction of sp³-hybridized carbons (Fsp3) is 0.455. The van der Waals surface area contributed by atoms with E-state index in [9.17, 15) is 8.42 Å². The Hall–Kier alpha value is -1.47. The van der Waals surface area contributed by atoms with Crippen LogP contribution in [0.15, 0.2) is 60.7 Å². The molecule has 154 valence electrons. The summed E-state index contributed by atoms with van der Waals surface area (Å²) in [6.45, 7) is 11.0. The Labute approximate surface area is 171 Å². The minimum absolute atomic E-state index is 0.0254. The van der Waals surface area contributed by atoms with Crippen LogP contribution in [0.5, 0.6) is 0 Å². The van der Waals surface area contributed by atoms with E-state index >= 15 is 0 Å². The van der Waals surface area contributed by atoms with E-state index < -0.39 is 24.5 Å². The molecule has 0 radical (unpaired) electrons. The molecule has 0 bridgehead atoms. The first-order valence-corrected chi connectivity index (χ1v) is 14.3. The first kappa shape index (κ1) is 22.8. The molecule has 0 aliphatic carbocycles. The molecule has 0 amide bonds. The van der Waals surface area contributed by atoms with Crippen molar-refractivity contribution in [2.24, 2.45) is 0 Å². The van der Waals surface area contributed by atoms with Crippen LogP contribution in [-0.4, -0.2) is 35.7 Å². The van der Waals surface area contributed by atoms with Gasteiger partial charge in [-0.05, 0) is 29.3 Å². The standard InChI is InChI=1S/C22H32O4SSi/c1-22(2,3)28(5,6)25-17-20(26-27(4,23)24)21(18-13-9-7-10-14-18)19-15-11-8-12-16-19/h7-16,20-21H,17H2,1-6H3. The van der Waals surface area contributed by atoms with Gasteiger partial charge in [-0.2, -0.15) is 8.42 Å². The van der Waals surface area contributed by atoms with Gasteiger partial charge in [-0.15, -0.1) is 0 Å². The van der Waals surface area contributed by atoms with E-state index in [0.29, 0.717) is 0 Å². The van der Waals surface area contributed by atoms with Crippen LogP contribution >= 0.6 is 0 Å². The van der Waals surface area contributed by atoms with Crippen molar-refractivity contribution in [1.29, 1.82) is 0 Å². The van der Waals surface area contributed by atoms with E-state index in [2.05, 4.69) is 33.9 Å². The first-order chi connectivity index (χ1) is 12.9. The Bertz CT molecular complexity index is 804. The van der Waals surface area contributed by atoms with Crippen molar-refractivity contribution in [3.63, 3.8) is 0 Å². The Morgan fingerprint density at radius 3 is 1.68 bits per heavy atom. The number of hydrogen-bond acceptors (Lipinski definition) is 4.